The van der Waals surface area contributed by atoms with E-state index in [0.29, 0.717) is 38.6 Å². The van der Waals surface area contributed by atoms with Crippen molar-refractivity contribution in [3.05, 3.63) is 16.1 Å². The van der Waals surface area contributed by atoms with Crippen molar-refractivity contribution in [1.29, 1.82) is 0 Å². The SMILES string of the molecule is CCOCCCN(Cc1nc(C(=O)OCC)cs1)C(=O)C1CCCCC1. The number of hydrogen-bond acceptors (Lipinski definition) is 6. The average molecular weight is 383 g/mol. The first kappa shape index (κ1) is 20.8. The lowest BCUT2D eigenvalue weighted by atomic mass is 9.88. The largest absolute Gasteiger partial charge is 0.461 e. The van der Waals surface area contributed by atoms with Crippen molar-refractivity contribution in [1.82, 2.24) is 9.88 Å². The first-order valence-electron chi connectivity index (χ1n) is 9.63. The van der Waals surface area contributed by atoms with Gasteiger partial charge in [-0.1, -0.05) is 19.3 Å². The second kappa shape index (κ2) is 11.3. The highest BCUT2D eigenvalue weighted by molar-refractivity contribution is 7.09. The van der Waals surface area contributed by atoms with E-state index in [-0.39, 0.29) is 11.8 Å². The predicted octanol–water partition coefficient (Wildman–Crippen LogP) is 3.66. The lowest BCUT2D eigenvalue weighted by Gasteiger charge is -2.29. The molecule has 7 heteroatoms. The molecule has 0 spiro atoms. The zero-order valence-corrected chi connectivity index (χ0v) is 16.7. The van der Waals surface area contributed by atoms with Gasteiger partial charge in [0.2, 0.25) is 5.91 Å². The molecular formula is C19H30N2O4S. The van der Waals surface area contributed by atoms with Gasteiger partial charge in [-0.3, -0.25) is 4.79 Å². The van der Waals surface area contributed by atoms with E-state index in [0.717, 1.165) is 37.1 Å². The van der Waals surface area contributed by atoms with Gasteiger partial charge in [-0.05, 0) is 33.1 Å². The van der Waals surface area contributed by atoms with Gasteiger partial charge >= 0.3 is 5.97 Å². The summed E-state index contributed by atoms with van der Waals surface area (Å²) in [5.41, 5.74) is 0.325. The van der Waals surface area contributed by atoms with Crippen LogP contribution in [0.25, 0.3) is 0 Å². The van der Waals surface area contributed by atoms with E-state index in [1.807, 2.05) is 11.8 Å². The van der Waals surface area contributed by atoms with Crippen molar-refractivity contribution in [2.24, 2.45) is 5.92 Å². The van der Waals surface area contributed by atoms with Gasteiger partial charge in [0.1, 0.15) is 5.01 Å². The fraction of sp³-hybridized carbons (Fsp3) is 0.737. The van der Waals surface area contributed by atoms with Crippen LogP contribution in [0.3, 0.4) is 0 Å². The number of esters is 1. The van der Waals surface area contributed by atoms with Gasteiger partial charge in [-0.25, -0.2) is 9.78 Å². The maximum absolute atomic E-state index is 13.0. The molecule has 0 saturated heterocycles. The first-order chi connectivity index (χ1) is 12.7. The van der Waals surface area contributed by atoms with Crippen molar-refractivity contribution < 1.29 is 19.1 Å². The molecule has 1 saturated carbocycles. The molecule has 0 radical (unpaired) electrons. The second-order valence-corrected chi connectivity index (χ2v) is 7.43. The number of thiazole rings is 1. The van der Waals surface area contributed by atoms with Gasteiger partial charge in [0.05, 0.1) is 13.2 Å². The van der Waals surface area contributed by atoms with Crippen LogP contribution in [0.15, 0.2) is 5.38 Å². The number of aromatic nitrogens is 1. The van der Waals surface area contributed by atoms with Gasteiger partial charge in [-0.15, -0.1) is 11.3 Å². The van der Waals surface area contributed by atoms with Crippen LogP contribution in [0, 0.1) is 5.92 Å². The third-order valence-electron chi connectivity index (χ3n) is 4.55. The second-order valence-electron chi connectivity index (χ2n) is 6.49. The van der Waals surface area contributed by atoms with Crippen molar-refractivity contribution >= 4 is 23.2 Å². The Morgan fingerprint density at radius 1 is 1.23 bits per heavy atom. The molecule has 0 unspecified atom stereocenters. The Balaban J connectivity index is 2.00. The average Bonchev–Trinajstić information content (AvgIpc) is 3.13. The molecule has 2 rings (SSSR count). The number of carbonyl (C=O) groups is 2. The molecule has 1 heterocycles. The van der Waals surface area contributed by atoms with Crippen molar-refractivity contribution in [3.63, 3.8) is 0 Å². The molecule has 0 aliphatic heterocycles. The van der Waals surface area contributed by atoms with Crippen molar-refractivity contribution in [2.75, 3.05) is 26.4 Å². The van der Waals surface area contributed by atoms with Crippen LogP contribution < -0.4 is 0 Å². The summed E-state index contributed by atoms with van der Waals surface area (Å²) >= 11 is 1.40. The minimum atomic E-state index is -0.406. The van der Waals surface area contributed by atoms with Crippen molar-refractivity contribution in [2.45, 2.75) is 58.9 Å². The van der Waals surface area contributed by atoms with Crippen LogP contribution in [0.1, 0.15) is 67.9 Å². The number of rotatable bonds is 10. The van der Waals surface area contributed by atoms with E-state index in [4.69, 9.17) is 9.47 Å². The van der Waals surface area contributed by atoms with E-state index < -0.39 is 5.97 Å². The monoisotopic (exact) mass is 382 g/mol. The molecular weight excluding hydrogens is 352 g/mol. The number of amides is 1. The quantitative estimate of drug-likeness (QED) is 0.456. The highest BCUT2D eigenvalue weighted by atomic mass is 32.1. The van der Waals surface area contributed by atoms with E-state index in [1.165, 1.54) is 17.8 Å². The predicted molar refractivity (Wildman–Crippen MR) is 101 cm³/mol. The number of ether oxygens (including phenoxy) is 2. The molecule has 1 aromatic heterocycles. The Morgan fingerprint density at radius 2 is 2.00 bits per heavy atom. The molecule has 6 nitrogen and oxygen atoms in total. The number of nitrogens with zero attached hydrogens (tertiary/aromatic N) is 2. The van der Waals surface area contributed by atoms with Crippen LogP contribution in [0.2, 0.25) is 0 Å². The highest BCUT2D eigenvalue weighted by Gasteiger charge is 2.26. The zero-order chi connectivity index (χ0) is 18.8. The maximum atomic E-state index is 13.0. The fourth-order valence-electron chi connectivity index (χ4n) is 3.22. The normalized spacial score (nSPS) is 15.0. The van der Waals surface area contributed by atoms with Gasteiger partial charge in [-0.2, -0.15) is 0 Å². The molecule has 1 aliphatic carbocycles. The third kappa shape index (κ3) is 6.36. The minimum Gasteiger partial charge on any atom is -0.461 e. The van der Waals surface area contributed by atoms with Gasteiger partial charge in [0.15, 0.2) is 5.69 Å². The highest BCUT2D eigenvalue weighted by Crippen LogP contribution is 2.26. The lowest BCUT2D eigenvalue weighted by Crippen LogP contribution is -2.37. The molecule has 0 aromatic carbocycles. The van der Waals surface area contributed by atoms with E-state index >= 15 is 0 Å². The first-order valence-corrected chi connectivity index (χ1v) is 10.5. The summed E-state index contributed by atoms with van der Waals surface area (Å²) in [5, 5.41) is 2.48. The summed E-state index contributed by atoms with van der Waals surface area (Å²) in [6, 6.07) is 0. The standard InChI is InChI=1S/C19H30N2O4S/c1-3-24-12-8-11-21(18(22)15-9-6-5-7-10-15)13-17-20-16(14-26-17)19(23)25-4-2/h14-15H,3-13H2,1-2H3. The number of hydrogen-bond donors (Lipinski definition) is 0. The van der Waals surface area contributed by atoms with Crippen molar-refractivity contribution in [3.8, 4) is 0 Å². The Kier molecular flexibility index (Phi) is 9.05. The van der Waals surface area contributed by atoms with E-state index in [9.17, 15) is 9.59 Å². The molecule has 1 amide bonds. The Labute approximate surface area is 159 Å². The Morgan fingerprint density at radius 3 is 2.69 bits per heavy atom. The third-order valence-corrected chi connectivity index (χ3v) is 5.38. The minimum absolute atomic E-state index is 0.125. The van der Waals surface area contributed by atoms with Crippen LogP contribution in [0.5, 0.6) is 0 Å². The summed E-state index contributed by atoms with van der Waals surface area (Å²) in [6.07, 6.45) is 6.26. The Hall–Kier alpha value is -1.47. The maximum Gasteiger partial charge on any atom is 0.357 e. The molecule has 1 aliphatic rings. The zero-order valence-electron chi connectivity index (χ0n) is 15.9. The van der Waals surface area contributed by atoms with Crippen LogP contribution in [-0.2, 0) is 20.8 Å². The summed E-state index contributed by atoms with van der Waals surface area (Å²) in [6.45, 7) is 6.51. The fourth-order valence-corrected chi connectivity index (χ4v) is 4.00. The molecule has 0 bridgehead atoms. The molecule has 146 valence electrons. The topological polar surface area (TPSA) is 68.7 Å². The van der Waals surface area contributed by atoms with Crippen LogP contribution in [-0.4, -0.2) is 48.1 Å². The summed E-state index contributed by atoms with van der Waals surface area (Å²) in [7, 11) is 0. The molecule has 1 aromatic rings. The molecule has 0 N–H and O–H groups in total. The van der Waals surface area contributed by atoms with Gasteiger partial charge < -0.3 is 14.4 Å². The summed E-state index contributed by atoms with van der Waals surface area (Å²) in [5.74, 6) is -0.0640. The summed E-state index contributed by atoms with van der Waals surface area (Å²) in [4.78, 5) is 31.0. The summed E-state index contributed by atoms with van der Waals surface area (Å²) < 4.78 is 10.4. The van der Waals surface area contributed by atoms with E-state index in [1.54, 1.807) is 12.3 Å². The molecule has 0 atom stereocenters. The van der Waals surface area contributed by atoms with Gasteiger partial charge in [0.25, 0.3) is 0 Å². The van der Waals surface area contributed by atoms with Crippen LogP contribution in [0.4, 0.5) is 0 Å². The molecule has 26 heavy (non-hydrogen) atoms. The smallest absolute Gasteiger partial charge is 0.357 e. The Bertz CT molecular complexity index is 570. The van der Waals surface area contributed by atoms with E-state index in [2.05, 4.69) is 4.98 Å². The number of carbonyl (C=O) groups excluding carboxylic acids is 2. The molecule has 1 fully saturated rings. The lowest BCUT2D eigenvalue weighted by molar-refractivity contribution is -0.137. The van der Waals surface area contributed by atoms with Crippen LogP contribution >= 0.6 is 11.3 Å². The van der Waals surface area contributed by atoms with Gasteiger partial charge in [0, 0.05) is 31.1 Å².